The fourth-order valence-corrected chi connectivity index (χ4v) is 5.45. The smallest absolute Gasteiger partial charge is 0.393 e. The largest absolute Gasteiger partial charge is 0.432 e. The summed E-state index contributed by atoms with van der Waals surface area (Å²) < 4.78 is 27.4. The lowest BCUT2D eigenvalue weighted by Gasteiger charge is -2.20. The first kappa shape index (κ1) is 27.8. The molecule has 0 heterocycles. The Morgan fingerprint density at radius 2 is 1.21 bits per heavy atom. The van der Waals surface area contributed by atoms with Crippen molar-refractivity contribution in [3.8, 4) is 0 Å². The third-order valence-electron chi connectivity index (χ3n) is 4.71. The van der Waals surface area contributed by atoms with Crippen molar-refractivity contribution in [2.24, 2.45) is 0 Å². The van der Waals surface area contributed by atoms with Gasteiger partial charge in [0, 0.05) is 0 Å². The van der Waals surface area contributed by atoms with Gasteiger partial charge in [0.25, 0.3) is 0 Å². The van der Waals surface area contributed by atoms with Crippen molar-refractivity contribution in [1.82, 2.24) is 0 Å². The van der Waals surface area contributed by atoms with Crippen molar-refractivity contribution in [2.45, 2.75) is 102 Å². The molecule has 0 aliphatic heterocycles. The summed E-state index contributed by atoms with van der Waals surface area (Å²) in [6.07, 6.45) is 19.6. The molecule has 2 unspecified atom stereocenters. The quantitative estimate of drug-likeness (QED) is 0.115. The molecule has 0 amide bonds. The van der Waals surface area contributed by atoms with Gasteiger partial charge < -0.3 is 24.3 Å². The van der Waals surface area contributed by atoms with Crippen LogP contribution in [0.15, 0.2) is 12.3 Å². The van der Waals surface area contributed by atoms with E-state index in [1.54, 1.807) is 6.08 Å². The van der Waals surface area contributed by atoms with E-state index in [9.17, 15) is 14.0 Å². The average molecular weight is 442 g/mol. The Morgan fingerprint density at radius 1 is 0.786 bits per heavy atom. The van der Waals surface area contributed by atoms with E-state index in [-0.39, 0.29) is 0 Å². The first-order valence-corrected chi connectivity index (χ1v) is 13.9. The predicted molar refractivity (Wildman–Crippen MR) is 113 cm³/mol. The fourth-order valence-electron chi connectivity index (χ4n) is 2.95. The summed E-state index contributed by atoms with van der Waals surface area (Å²) in [6, 6.07) is 0. The van der Waals surface area contributed by atoms with Crippen LogP contribution in [0.2, 0.25) is 0 Å². The van der Waals surface area contributed by atoms with E-state index in [1.807, 2.05) is 0 Å². The standard InChI is InChI=1S/C19H40O7P2/c1-2-3-4-5-6-7-8-9-10-11-12-13-14-15-16-17-26-28(24,25)19(18-20)27(21,22)23/h16-17,19-20H,2-15,18H2,1H3,(H,24,25)(H2,21,22,23). The van der Waals surface area contributed by atoms with Crippen LogP contribution in [-0.2, 0) is 13.7 Å². The summed E-state index contributed by atoms with van der Waals surface area (Å²) >= 11 is 0. The second-order valence-corrected chi connectivity index (χ2v) is 11.5. The zero-order valence-electron chi connectivity index (χ0n) is 17.2. The van der Waals surface area contributed by atoms with Gasteiger partial charge in [0.15, 0.2) is 5.40 Å². The summed E-state index contributed by atoms with van der Waals surface area (Å²) in [6.45, 7) is 1.12. The van der Waals surface area contributed by atoms with Crippen LogP contribution < -0.4 is 0 Å². The van der Waals surface area contributed by atoms with Gasteiger partial charge in [-0.05, 0) is 18.9 Å². The van der Waals surface area contributed by atoms with Crippen molar-refractivity contribution in [3.63, 3.8) is 0 Å². The van der Waals surface area contributed by atoms with Crippen LogP contribution in [0.3, 0.4) is 0 Å². The lowest BCUT2D eigenvalue weighted by Crippen LogP contribution is -2.14. The van der Waals surface area contributed by atoms with Crippen LogP contribution in [0.4, 0.5) is 0 Å². The van der Waals surface area contributed by atoms with Crippen LogP contribution >= 0.6 is 15.2 Å². The van der Waals surface area contributed by atoms with Crippen molar-refractivity contribution < 1.29 is 33.4 Å². The molecule has 0 aromatic heterocycles. The van der Waals surface area contributed by atoms with E-state index in [1.165, 1.54) is 64.2 Å². The Labute approximate surface area is 170 Å². The number of hydrogen-bond acceptors (Lipinski definition) is 4. The Kier molecular flexibility index (Phi) is 16.5. The number of aliphatic hydroxyl groups excluding tert-OH is 1. The minimum atomic E-state index is -4.91. The summed E-state index contributed by atoms with van der Waals surface area (Å²) in [5.41, 5.74) is 0. The molecule has 0 bridgehead atoms. The van der Waals surface area contributed by atoms with Gasteiger partial charge in [0.2, 0.25) is 0 Å². The van der Waals surface area contributed by atoms with Crippen LogP contribution in [0.25, 0.3) is 0 Å². The molecule has 0 aromatic rings. The first-order chi connectivity index (χ1) is 13.3. The maximum atomic E-state index is 11.8. The van der Waals surface area contributed by atoms with Crippen molar-refractivity contribution in [3.05, 3.63) is 12.3 Å². The topological polar surface area (TPSA) is 124 Å². The lowest BCUT2D eigenvalue weighted by molar-refractivity contribution is 0.262. The lowest BCUT2D eigenvalue weighted by atomic mass is 10.0. The predicted octanol–water partition coefficient (Wildman–Crippen LogP) is 5.68. The van der Waals surface area contributed by atoms with Gasteiger partial charge in [-0.2, -0.15) is 0 Å². The van der Waals surface area contributed by atoms with Gasteiger partial charge >= 0.3 is 15.2 Å². The molecule has 0 aliphatic rings. The van der Waals surface area contributed by atoms with E-state index in [4.69, 9.17) is 14.9 Å². The summed E-state index contributed by atoms with van der Waals surface area (Å²) in [4.78, 5) is 27.5. The Hall–Kier alpha value is -0.160. The molecule has 4 N–H and O–H groups in total. The highest BCUT2D eigenvalue weighted by atomic mass is 31.2. The summed E-state index contributed by atoms with van der Waals surface area (Å²) in [5.74, 6) is 0. The van der Waals surface area contributed by atoms with Gasteiger partial charge in [-0.15, -0.1) is 0 Å². The zero-order valence-corrected chi connectivity index (χ0v) is 19.0. The van der Waals surface area contributed by atoms with Crippen LogP contribution in [0.5, 0.6) is 0 Å². The molecule has 0 spiro atoms. The van der Waals surface area contributed by atoms with Crippen molar-refractivity contribution in [2.75, 3.05) is 6.61 Å². The van der Waals surface area contributed by atoms with Gasteiger partial charge in [-0.3, -0.25) is 4.57 Å². The maximum absolute atomic E-state index is 11.8. The Balaban J connectivity index is 3.61. The van der Waals surface area contributed by atoms with Crippen molar-refractivity contribution >= 4 is 15.2 Å². The number of rotatable bonds is 19. The normalized spacial score (nSPS) is 15.6. The van der Waals surface area contributed by atoms with Gasteiger partial charge in [-0.25, -0.2) is 4.57 Å². The molecule has 2 atom stereocenters. The molecule has 0 saturated carbocycles. The fraction of sp³-hybridized carbons (Fsp3) is 0.895. The molecule has 0 rings (SSSR count). The molecule has 9 heteroatoms. The molecule has 0 radical (unpaired) electrons. The van der Waals surface area contributed by atoms with Crippen LogP contribution in [0.1, 0.15) is 96.8 Å². The highest BCUT2D eigenvalue weighted by molar-refractivity contribution is 7.71. The molecule has 28 heavy (non-hydrogen) atoms. The van der Waals surface area contributed by atoms with E-state index in [0.29, 0.717) is 6.42 Å². The van der Waals surface area contributed by atoms with E-state index in [2.05, 4.69) is 11.4 Å². The van der Waals surface area contributed by atoms with Gasteiger partial charge in [0.05, 0.1) is 12.9 Å². The highest BCUT2D eigenvalue weighted by Crippen LogP contribution is 2.62. The first-order valence-electron chi connectivity index (χ1n) is 10.6. The van der Waals surface area contributed by atoms with Crippen LogP contribution in [0, 0.1) is 0 Å². The summed E-state index contributed by atoms with van der Waals surface area (Å²) in [7, 11) is -9.52. The molecule has 0 fully saturated rings. The molecule has 0 saturated heterocycles. The molecular formula is C19H40O7P2. The van der Waals surface area contributed by atoms with Gasteiger partial charge in [-0.1, -0.05) is 84.0 Å². The van der Waals surface area contributed by atoms with Crippen molar-refractivity contribution in [1.29, 1.82) is 0 Å². The molecular weight excluding hydrogens is 402 g/mol. The minimum Gasteiger partial charge on any atom is -0.432 e. The van der Waals surface area contributed by atoms with E-state index >= 15 is 0 Å². The van der Waals surface area contributed by atoms with Gasteiger partial charge in [0.1, 0.15) is 0 Å². The summed E-state index contributed by atoms with van der Waals surface area (Å²) in [5, 5.41) is 6.79. The Bertz CT molecular complexity index is 491. The second kappa shape index (κ2) is 16.6. The SMILES string of the molecule is CCCCCCCCCCCCCCCC=COP(=O)(O)C(CO)P(=O)(O)O. The molecule has 168 valence electrons. The minimum absolute atomic E-state index is 0.664. The molecule has 0 aliphatic carbocycles. The maximum Gasteiger partial charge on any atom is 0.393 e. The third-order valence-corrected chi connectivity index (χ3v) is 8.77. The molecule has 0 aromatic carbocycles. The number of unbranched alkanes of at least 4 members (excludes halogenated alkanes) is 13. The van der Waals surface area contributed by atoms with Crippen LogP contribution in [-0.4, -0.2) is 31.8 Å². The second-order valence-electron chi connectivity index (χ2n) is 7.32. The number of allylic oxidation sites excluding steroid dienone is 1. The third kappa shape index (κ3) is 14.8. The van der Waals surface area contributed by atoms with E-state index < -0.39 is 27.2 Å². The molecule has 7 nitrogen and oxygen atoms in total. The average Bonchev–Trinajstić information content (AvgIpc) is 2.60. The Morgan fingerprint density at radius 3 is 1.61 bits per heavy atom. The van der Waals surface area contributed by atoms with E-state index in [0.717, 1.165) is 25.5 Å². The highest BCUT2D eigenvalue weighted by Gasteiger charge is 2.45. The number of hydrogen-bond donors (Lipinski definition) is 4. The number of aliphatic hydroxyl groups is 1. The zero-order chi connectivity index (χ0) is 21.3. The monoisotopic (exact) mass is 442 g/mol.